The van der Waals surface area contributed by atoms with E-state index in [0.29, 0.717) is 0 Å². The maximum absolute atomic E-state index is 10.4. The van der Waals surface area contributed by atoms with Gasteiger partial charge in [-0.25, -0.2) is 4.79 Å². The van der Waals surface area contributed by atoms with Crippen molar-refractivity contribution in [2.45, 2.75) is 6.42 Å². The Kier molecular flexibility index (Phi) is 2.41. The van der Waals surface area contributed by atoms with Crippen LogP contribution in [0.4, 0.5) is 4.79 Å². The van der Waals surface area contributed by atoms with Crippen molar-refractivity contribution in [1.82, 2.24) is 10.2 Å². The van der Waals surface area contributed by atoms with Crippen LogP contribution >= 0.6 is 0 Å². The third kappa shape index (κ3) is 1.98. The summed E-state index contributed by atoms with van der Waals surface area (Å²) in [5.41, 5.74) is 2.97. The van der Waals surface area contributed by atoms with Crippen LogP contribution in [0, 0.1) is 0 Å². The number of hydrogen-bond acceptors (Lipinski definition) is 2. The van der Waals surface area contributed by atoms with Gasteiger partial charge in [-0.05, 0) is 17.5 Å². The van der Waals surface area contributed by atoms with Gasteiger partial charge in [-0.1, -0.05) is 24.3 Å². The first-order valence-electron chi connectivity index (χ1n) is 4.79. The van der Waals surface area contributed by atoms with E-state index in [4.69, 9.17) is 0 Å². The van der Waals surface area contributed by atoms with Crippen LogP contribution in [0.2, 0.25) is 0 Å². The largest absolute Gasteiger partial charge is 0.329 e. The molecule has 1 aromatic carbocycles. The van der Waals surface area contributed by atoms with Crippen molar-refractivity contribution in [2.24, 2.45) is 0 Å². The summed E-state index contributed by atoms with van der Waals surface area (Å²) in [7, 11) is 1.45. The molecule has 1 aliphatic heterocycles. The number of carbonyl (C=O) groups is 2. The average molecular weight is 204 g/mol. The monoisotopic (exact) mass is 204 g/mol. The second kappa shape index (κ2) is 3.73. The minimum absolute atomic E-state index is 0.148. The maximum Gasteiger partial charge on any atom is 0.324 e. The molecule has 1 aromatic rings. The van der Waals surface area contributed by atoms with E-state index < -0.39 is 0 Å². The SMILES string of the molecule is CN1C(=O)CNC1=O.c1cc2cc(c1)C2. The second-order valence-corrected chi connectivity index (χ2v) is 3.61. The number of benzene rings is 1. The van der Waals surface area contributed by atoms with Crippen LogP contribution in [-0.2, 0) is 11.2 Å². The van der Waals surface area contributed by atoms with Gasteiger partial charge in [0.1, 0.15) is 0 Å². The number of hydrogen-bond donors (Lipinski definition) is 1. The van der Waals surface area contributed by atoms with E-state index >= 15 is 0 Å². The van der Waals surface area contributed by atoms with E-state index in [1.54, 1.807) is 0 Å². The molecule has 0 atom stereocenters. The number of nitrogens with zero attached hydrogens (tertiary/aromatic N) is 1. The zero-order chi connectivity index (χ0) is 10.8. The first kappa shape index (κ1) is 9.71. The Labute approximate surface area is 87.9 Å². The number of imide groups is 1. The summed E-state index contributed by atoms with van der Waals surface area (Å²) in [5.74, 6) is -0.171. The fourth-order valence-corrected chi connectivity index (χ4v) is 1.46. The molecule has 1 saturated heterocycles. The van der Waals surface area contributed by atoms with Gasteiger partial charge < -0.3 is 5.32 Å². The van der Waals surface area contributed by atoms with Crippen molar-refractivity contribution in [3.05, 3.63) is 35.4 Å². The third-order valence-electron chi connectivity index (χ3n) is 2.47. The molecule has 1 fully saturated rings. The highest BCUT2D eigenvalue weighted by atomic mass is 16.2. The number of urea groups is 1. The van der Waals surface area contributed by atoms with E-state index in [0.717, 1.165) is 4.90 Å². The molecule has 1 N–H and O–H groups in total. The topological polar surface area (TPSA) is 49.4 Å². The fourth-order valence-electron chi connectivity index (χ4n) is 1.46. The van der Waals surface area contributed by atoms with Crippen LogP contribution < -0.4 is 5.32 Å². The van der Waals surface area contributed by atoms with Gasteiger partial charge in [0, 0.05) is 7.05 Å². The second-order valence-electron chi connectivity index (χ2n) is 3.61. The van der Waals surface area contributed by atoms with Crippen LogP contribution in [-0.4, -0.2) is 30.4 Å². The summed E-state index contributed by atoms with van der Waals surface area (Å²) in [4.78, 5) is 21.9. The summed E-state index contributed by atoms with van der Waals surface area (Å²) in [6, 6.07) is 8.34. The minimum atomic E-state index is -0.310. The number of amides is 3. The Morgan fingerprint density at radius 2 is 1.87 bits per heavy atom. The van der Waals surface area contributed by atoms with Gasteiger partial charge in [0.2, 0.25) is 5.91 Å². The van der Waals surface area contributed by atoms with Crippen LogP contribution in [0.25, 0.3) is 0 Å². The molecule has 78 valence electrons. The van der Waals surface area contributed by atoms with Gasteiger partial charge in [-0.15, -0.1) is 0 Å². The van der Waals surface area contributed by atoms with Gasteiger partial charge in [-0.2, -0.15) is 0 Å². The lowest BCUT2D eigenvalue weighted by molar-refractivity contribution is -0.124. The molecule has 2 aliphatic carbocycles. The Morgan fingerprint density at radius 3 is 2.00 bits per heavy atom. The van der Waals surface area contributed by atoms with Crippen LogP contribution in [0.15, 0.2) is 24.3 Å². The Morgan fingerprint density at radius 1 is 1.27 bits per heavy atom. The highest BCUT2D eigenvalue weighted by Crippen LogP contribution is 2.18. The van der Waals surface area contributed by atoms with Crippen molar-refractivity contribution in [2.75, 3.05) is 13.6 Å². The first-order valence-corrected chi connectivity index (χ1v) is 4.79. The minimum Gasteiger partial charge on any atom is -0.329 e. The Hall–Kier alpha value is -1.84. The third-order valence-corrected chi connectivity index (χ3v) is 2.47. The molecule has 0 saturated carbocycles. The lowest BCUT2D eigenvalue weighted by Gasteiger charge is -2.11. The number of carbonyl (C=O) groups excluding carboxylic acids is 2. The van der Waals surface area contributed by atoms with E-state index in [9.17, 15) is 9.59 Å². The van der Waals surface area contributed by atoms with Crippen molar-refractivity contribution < 1.29 is 9.59 Å². The normalized spacial score (nSPS) is 16.5. The molecule has 1 heterocycles. The van der Waals surface area contributed by atoms with E-state index in [-0.39, 0.29) is 18.5 Å². The molecule has 4 heteroatoms. The predicted molar refractivity (Wildman–Crippen MR) is 55.4 cm³/mol. The van der Waals surface area contributed by atoms with Crippen LogP contribution in [0.3, 0.4) is 0 Å². The Balaban J connectivity index is 0.000000114. The zero-order valence-electron chi connectivity index (χ0n) is 8.49. The standard InChI is InChI=1S/C7H6.C4H6N2O2/c1-2-6-4-7(3-1)5-6;1-6-3(7)2-5-4(6)8/h1-4H,5H2;2H2,1H3,(H,5,8). The average Bonchev–Trinajstić information content (AvgIpc) is 2.51. The van der Waals surface area contributed by atoms with E-state index in [1.807, 2.05) is 0 Å². The smallest absolute Gasteiger partial charge is 0.324 e. The van der Waals surface area contributed by atoms with Crippen LogP contribution in [0.5, 0.6) is 0 Å². The Bertz CT molecular complexity index is 374. The summed E-state index contributed by atoms with van der Waals surface area (Å²) < 4.78 is 0. The molecule has 3 aliphatic rings. The predicted octanol–water partition coefficient (Wildman–Crippen LogP) is 0.759. The van der Waals surface area contributed by atoms with Crippen molar-refractivity contribution >= 4 is 11.9 Å². The van der Waals surface area contributed by atoms with E-state index in [2.05, 4.69) is 29.6 Å². The lowest BCUT2D eigenvalue weighted by atomic mass is 9.94. The van der Waals surface area contributed by atoms with Crippen molar-refractivity contribution in [1.29, 1.82) is 0 Å². The lowest BCUT2D eigenvalue weighted by Crippen LogP contribution is -2.25. The molecular weight excluding hydrogens is 192 g/mol. The first-order chi connectivity index (χ1) is 7.16. The highest BCUT2D eigenvalue weighted by Gasteiger charge is 2.23. The van der Waals surface area contributed by atoms with Crippen molar-refractivity contribution in [3.8, 4) is 0 Å². The van der Waals surface area contributed by atoms with Gasteiger partial charge in [-0.3, -0.25) is 9.69 Å². The number of likely N-dealkylation sites (N-methyl/N-ethyl adjacent to an activating group) is 1. The van der Waals surface area contributed by atoms with Gasteiger partial charge >= 0.3 is 6.03 Å². The molecule has 0 aromatic heterocycles. The van der Waals surface area contributed by atoms with Crippen molar-refractivity contribution in [3.63, 3.8) is 0 Å². The van der Waals surface area contributed by atoms with Gasteiger partial charge in [0.25, 0.3) is 0 Å². The molecule has 0 spiro atoms. The molecule has 0 radical (unpaired) electrons. The van der Waals surface area contributed by atoms with Crippen LogP contribution in [0.1, 0.15) is 11.1 Å². The highest BCUT2D eigenvalue weighted by molar-refractivity contribution is 6.01. The number of fused-ring (bicyclic) bond motifs is 2. The molecular formula is C11H12N2O2. The fraction of sp³-hybridized carbons (Fsp3) is 0.273. The summed E-state index contributed by atoms with van der Waals surface area (Å²) in [5, 5.41) is 2.36. The molecule has 4 rings (SSSR count). The summed E-state index contributed by atoms with van der Waals surface area (Å²) >= 11 is 0. The van der Waals surface area contributed by atoms with Gasteiger partial charge in [0.05, 0.1) is 6.54 Å². The summed E-state index contributed by atoms with van der Waals surface area (Å²) in [6.07, 6.45) is 1.22. The summed E-state index contributed by atoms with van der Waals surface area (Å²) in [6.45, 7) is 0.148. The molecule has 15 heavy (non-hydrogen) atoms. The molecule has 3 amide bonds. The van der Waals surface area contributed by atoms with E-state index in [1.165, 1.54) is 24.6 Å². The number of nitrogens with one attached hydrogen (secondary N) is 1. The molecule has 0 unspecified atom stereocenters. The maximum atomic E-state index is 10.4. The molecule has 4 nitrogen and oxygen atoms in total. The van der Waals surface area contributed by atoms with Gasteiger partial charge in [0.15, 0.2) is 0 Å². The number of rotatable bonds is 0. The molecule has 2 bridgehead atoms. The quantitative estimate of drug-likeness (QED) is 0.644. The zero-order valence-corrected chi connectivity index (χ0v) is 8.49.